The van der Waals surface area contributed by atoms with Crippen LogP contribution < -0.4 is 15.5 Å². The summed E-state index contributed by atoms with van der Waals surface area (Å²) in [4.78, 5) is 28.5. The van der Waals surface area contributed by atoms with E-state index in [0.29, 0.717) is 59.0 Å². The van der Waals surface area contributed by atoms with Gasteiger partial charge in [0, 0.05) is 19.5 Å². The third-order valence-electron chi connectivity index (χ3n) is 4.86. The van der Waals surface area contributed by atoms with Crippen LogP contribution in [0, 0.1) is 17.8 Å². The summed E-state index contributed by atoms with van der Waals surface area (Å²) in [6.07, 6.45) is 3.71. The van der Waals surface area contributed by atoms with E-state index in [0.717, 1.165) is 12.8 Å². The molecule has 8 nitrogen and oxygen atoms in total. The smallest absolute Gasteiger partial charge is 0.409 e. The molecule has 1 fully saturated rings. The molecular weight excluding hydrogens is 392 g/mol. The van der Waals surface area contributed by atoms with Crippen LogP contribution in [0.5, 0.6) is 5.75 Å². The molecule has 1 saturated heterocycles. The Morgan fingerprint density at radius 2 is 2.14 bits per heavy atom. The number of likely N-dealkylation sites (tertiary alicyclic amines) is 1. The minimum Gasteiger partial charge on any atom is -0.409 e. The lowest BCUT2D eigenvalue weighted by molar-refractivity contribution is -0.347. The number of anilines is 1. The van der Waals surface area contributed by atoms with Crippen molar-refractivity contribution in [3.05, 3.63) is 41.4 Å². The number of carbonyl (C=O) groups is 1. The Balaban J connectivity index is 1.29. The van der Waals surface area contributed by atoms with Crippen LogP contribution in [0.4, 0.5) is 10.6 Å². The topological polar surface area (TPSA) is 111 Å². The van der Waals surface area contributed by atoms with Crippen LogP contribution in [0.15, 0.2) is 30.6 Å². The summed E-state index contributed by atoms with van der Waals surface area (Å²) in [6.45, 7) is 1.26. The molecule has 0 spiro atoms. The Hall–Kier alpha value is -3.31. The highest BCUT2D eigenvalue weighted by Crippen LogP contribution is 2.25. The summed E-state index contributed by atoms with van der Waals surface area (Å²) in [5.74, 6) is 7.67. The summed E-state index contributed by atoms with van der Waals surface area (Å²) in [5.41, 5.74) is 7.20. The van der Waals surface area contributed by atoms with Gasteiger partial charge in [0.2, 0.25) is 5.52 Å². The summed E-state index contributed by atoms with van der Waals surface area (Å²) in [6, 6.07) is 6.95. The molecule has 148 valence electrons. The summed E-state index contributed by atoms with van der Waals surface area (Å²) < 4.78 is 5.39. The van der Waals surface area contributed by atoms with Crippen molar-refractivity contribution < 1.29 is 14.5 Å². The van der Waals surface area contributed by atoms with Crippen molar-refractivity contribution in [2.75, 3.05) is 18.8 Å². The average Bonchev–Trinajstić information content (AvgIpc) is 3.19. The van der Waals surface area contributed by atoms with Crippen molar-refractivity contribution in [2.45, 2.75) is 19.3 Å². The number of nitrogens with zero attached hydrogens (tertiary/aromatic N) is 3. The first-order valence-electron chi connectivity index (χ1n) is 9.32. The number of rotatable bonds is 2. The molecule has 1 aromatic carbocycles. The largest absolute Gasteiger partial charge is 0.415 e. The number of nitrogen functional groups attached to an aromatic ring is 1. The molecular formula is C20H20ClN6O2+. The van der Waals surface area contributed by atoms with E-state index < -0.39 is 0 Å². The number of para-hydroxylation sites is 1. The number of hydrogen-bond donors (Lipinski definition) is 2. The van der Waals surface area contributed by atoms with Crippen molar-refractivity contribution >= 4 is 34.7 Å². The predicted molar refractivity (Wildman–Crippen MR) is 108 cm³/mol. The van der Waals surface area contributed by atoms with Gasteiger partial charge in [-0.15, -0.1) is 0 Å². The van der Waals surface area contributed by atoms with E-state index in [4.69, 9.17) is 22.1 Å². The van der Waals surface area contributed by atoms with Gasteiger partial charge in [0.1, 0.15) is 0 Å². The van der Waals surface area contributed by atoms with E-state index in [1.165, 1.54) is 0 Å². The lowest BCUT2D eigenvalue weighted by atomic mass is 9.94. The number of fused-ring (bicyclic) bond motifs is 1. The number of piperidine rings is 1. The third kappa shape index (κ3) is 4.41. The molecule has 4 N–H and O–H groups in total. The number of H-pyrrole nitrogens is 2. The van der Waals surface area contributed by atoms with Crippen LogP contribution in [0.3, 0.4) is 0 Å². The molecule has 0 radical (unpaired) electrons. The van der Waals surface area contributed by atoms with Gasteiger partial charge >= 0.3 is 11.7 Å². The standard InChI is InChI=1S/C20H19ClN6O2/c21-14-5-1-2-6-15(14)29-20(28)27-10-8-13(9-11-27)4-3-7-16-25-18(22)17-19(26-16)24-12-23-17/h1-2,5-6,12-13H,4,8-11H2,(H3,22,23,24,25,26)/p+1. The number of ether oxygens (including phenoxy) is 1. The number of benzene rings is 1. The Bertz CT molecular complexity index is 1100. The molecule has 0 bridgehead atoms. The van der Waals surface area contributed by atoms with Gasteiger partial charge in [0.25, 0.3) is 5.82 Å². The maximum absolute atomic E-state index is 12.3. The molecule has 4 rings (SSSR count). The zero-order valence-electron chi connectivity index (χ0n) is 15.6. The quantitative estimate of drug-likeness (QED) is 0.629. The van der Waals surface area contributed by atoms with Gasteiger partial charge in [-0.25, -0.2) is 9.78 Å². The Morgan fingerprint density at radius 3 is 2.93 bits per heavy atom. The van der Waals surface area contributed by atoms with E-state index in [1.807, 2.05) is 0 Å². The number of carbonyl (C=O) groups excluding carboxylic acids is 1. The first kappa shape index (κ1) is 19.0. The van der Waals surface area contributed by atoms with Crippen LogP contribution >= 0.6 is 11.6 Å². The molecule has 3 aromatic rings. The van der Waals surface area contributed by atoms with Crippen molar-refractivity contribution in [1.82, 2.24) is 19.9 Å². The second-order valence-corrected chi connectivity index (χ2v) is 7.23. The lowest BCUT2D eigenvalue weighted by Crippen LogP contribution is -2.40. The second kappa shape index (κ2) is 8.37. The van der Waals surface area contributed by atoms with E-state index in [-0.39, 0.29) is 6.09 Å². The molecule has 0 aliphatic carbocycles. The van der Waals surface area contributed by atoms with Crippen molar-refractivity contribution in [3.8, 4) is 17.6 Å². The van der Waals surface area contributed by atoms with Gasteiger partial charge in [-0.2, -0.15) is 4.98 Å². The van der Waals surface area contributed by atoms with Gasteiger partial charge in [0.15, 0.2) is 17.9 Å². The fourth-order valence-corrected chi connectivity index (χ4v) is 3.41. The highest BCUT2D eigenvalue weighted by atomic mass is 35.5. The molecule has 1 amide bonds. The third-order valence-corrected chi connectivity index (χ3v) is 5.17. The fourth-order valence-electron chi connectivity index (χ4n) is 3.24. The number of hydrogen-bond acceptors (Lipinski definition) is 5. The fraction of sp³-hybridized carbons (Fsp3) is 0.300. The molecule has 9 heteroatoms. The molecule has 0 unspecified atom stereocenters. The van der Waals surface area contributed by atoms with Crippen LogP contribution in [0.1, 0.15) is 25.1 Å². The van der Waals surface area contributed by atoms with E-state index in [2.05, 4.69) is 31.8 Å². The van der Waals surface area contributed by atoms with Gasteiger partial charge in [-0.3, -0.25) is 4.98 Å². The van der Waals surface area contributed by atoms with Crippen LogP contribution in [0.25, 0.3) is 11.2 Å². The Morgan fingerprint density at radius 1 is 1.34 bits per heavy atom. The number of halogens is 1. The number of nitrogens with two attached hydrogens (primary N) is 1. The minimum absolute atomic E-state index is 0.367. The van der Waals surface area contributed by atoms with Gasteiger partial charge in [0.05, 0.1) is 5.02 Å². The summed E-state index contributed by atoms with van der Waals surface area (Å²) in [7, 11) is 0. The second-order valence-electron chi connectivity index (χ2n) is 6.82. The predicted octanol–water partition coefficient (Wildman–Crippen LogP) is 2.66. The first-order valence-corrected chi connectivity index (χ1v) is 9.70. The SMILES string of the molecule is Nc1nc(C#CCC2CCN(C(=O)Oc3ccccc3Cl)CC2)nc2[nH+]c[nH]c12. The van der Waals surface area contributed by atoms with Crippen LogP contribution in [-0.4, -0.2) is 39.0 Å². The van der Waals surface area contributed by atoms with E-state index in [1.54, 1.807) is 35.5 Å². The maximum Gasteiger partial charge on any atom is 0.415 e. The van der Waals surface area contributed by atoms with E-state index in [9.17, 15) is 4.79 Å². The number of imidazole rings is 1. The normalized spacial score (nSPS) is 14.4. The maximum atomic E-state index is 12.3. The van der Waals surface area contributed by atoms with Crippen molar-refractivity contribution in [3.63, 3.8) is 0 Å². The number of aromatic nitrogens is 4. The lowest BCUT2D eigenvalue weighted by Gasteiger charge is -2.30. The number of nitrogens with one attached hydrogen (secondary N) is 2. The number of aromatic amines is 2. The summed E-state index contributed by atoms with van der Waals surface area (Å²) >= 11 is 6.04. The molecule has 1 aliphatic heterocycles. The molecule has 29 heavy (non-hydrogen) atoms. The van der Waals surface area contributed by atoms with Crippen LogP contribution in [0.2, 0.25) is 5.02 Å². The molecule has 0 saturated carbocycles. The Labute approximate surface area is 172 Å². The summed E-state index contributed by atoms with van der Waals surface area (Å²) in [5, 5.41) is 0.421. The van der Waals surface area contributed by atoms with Crippen LogP contribution in [-0.2, 0) is 0 Å². The molecule has 3 heterocycles. The molecule has 0 atom stereocenters. The van der Waals surface area contributed by atoms with Gasteiger partial charge < -0.3 is 15.4 Å². The highest BCUT2D eigenvalue weighted by molar-refractivity contribution is 6.32. The average molecular weight is 412 g/mol. The van der Waals surface area contributed by atoms with Gasteiger partial charge in [-0.05, 0) is 36.8 Å². The molecule has 2 aromatic heterocycles. The first-order chi connectivity index (χ1) is 14.1. The monoisotopic (exact) mass is 411 g/mol. The zero-order chi connectivity index (χ0) is 20.2. The van der Waals surface area contributed by atoms with Crippen molar-refractivity contribution in [1.29, 1.82) is 0 Å². The number of amides is 1. The van der Waals surface area contributed by atoms with E-state index >= 15 is 0 Å². The minimum atomic E-state index is -0.373. The zero-order valence-corrected chi connectivity index (χ0v) is 16.4. The Kier molecular flexibility index (Phi) is 5.49. The van der Waals surface area contributed by atoms with Gasteiger partial charge in [-0.1, -0.05) is 34.6 Å². The molecule has 1 aliphatic rings. The highest BCUT2D eigenvalue weighted by Gasteiger charge is 2.24. The van der Waals surface area contributed by atoms with Crippen molar-refractivity contribution in [2.24, 2.45) is 5.92 Å².